The fourth-order valence-electron chi connectivity index (χ4n) is 0.751. The lowest BCUT2D eigenvalue weighted by Gasteiger charge is -1.99. The van der Waals surface area contributed by atoms with E-state index in [1.807, 2.05) is 6.07 Å². The van der Waals surface area contributed by atoms with Crippen LogP contribution in [0, 0.1) is 0 Å². The van der Waals surface area contributed by atoms with Gasteiger partial charge in [-0.2, -0.15) is 0 Å². The lowest BCUT2D eigenvalue weighted by Crippen LogP contribution is -2.15. The Labute approximate surface area is 77.0 Å². The first-order valence-electron chi connectivity index (χ1n) is 4.04. The van der Waals surface area contributed by atoms with E-state index in [-0.39, 0.29) is 0 Å². The minimum absolute atomic E-state index is 0.857. The Morgan fingerprint density at radius 3 is 2.83 bits per heavy atom. The highest BCUT2D eigenvalue weighted by atomic mass is 32.2. The lowest BCUT2D eigenvalue weighted by atomic mass is 10.7. The summed E-state index contributed by atoms with van der Waals surface area (Å²) in [5.74, 6) is 1.03. The van der Waals surface area contributed by atoms with Gasteiger partial charge in [-0.15, -0.1) is 0 Å². The van der Waals surface area contributed by atoms with Crippen molar-refractivity contribution in [3.05, 3.63) is 18.5 Å². The van der Waals surface area contributed by atoms with Gasteiger partial charge in [0.05, 0.1) is 0 Å². The van der Waals surface area contributed by atoms with Crippen LogP contribution in [-0.4, -0.2) is 28.8 Å². The quantitative estimate of drug-likeness (QED) is 0.422. The van der Waals surface area contributed by atoms with Crippen LogP contribution in [0.1, 0.15) is 6.92 Å². The Morgan fingerprint density at radius 2 is 2.17 bits per heavy atom. The van der Waals surface area contributed by atoms with Crippen molar-refractivity contribution in [1.82, 2.24) is 15.3 Å². The van der Waals surface area contributed by atoms with Gasteiger partial charge in [-0.05, 0) is 12.6 Å². The van der Waals surface area contributed by atoms with Crippen molar-refractivity contribution < 1.29 is 0 Å². The second-order valence-electron chi connectivity index (χ2n) is 2.23. The Balaban J connectivity index is 2.16. The number of nitrogens with zero attached hydrogens (tertiary/aromatic N) is 2. The summed E-state index contributed by atoms with van der Waals surface area (Å²) in [6, 6.07) is 1.83. The van der Waals surface area contributed by atoms with Crippen LogP contribution in [-0.2, 0) is 0 Å². The molecule has 1 rings (SSSR count). The van der Waals surface area contributed by atoms with Gasteiger partial charge in [0, 0.05) is 24.7 Å². The van der Waals surface area contributed by atoms with Gasteiger partial charge in [-0.3, -0.25) is 0 Å². The molecule has 1 N–H and O–H groups in total. The van der Waals surface area contributed by atoms with Gasteiger partial charge >= 0.3 is 0 Å². The van der Waals surface area contributed by atoms with Gasteiger partial charge in [0.25, 0.3) is 0 Å². The minimum Gasteiger partial charge on any atom is -0.316 e. The summed E-state index contributed by atoms with van der Waals surface area (Å²) in [7, 11) is 0. The lowest BCUT2D eigenvalue weighted by molar-refractivity contribution is 0.767. The van der Waals surface area contributed by atoms with Crippen LogP contribution in [0.5, 0.6) is 0 Å². The molecule has 1 heterocycles. The average Bonchev–Trinajstić information content (AvgIpc) is 2.14. The second kappa shape index (κ2) is 5.97. The zero-order valence-electron chi connectivity index (χ0n) is 7.16. The molecule has 0 aliphatic carbocycles. The van der Waals surface area contributed by atoms with Crippen LogP contribution in [0.25, 0.3) is 0 Å². The van der Waals surface area contributed by atoms with Crippen molar-refractivity contribution in [2.75, 3.05) is 18.8 Å². The standard InChI is InChI=1S/C8H13N3S/c1-2-9-6-7-12-8-10-4-3-5-11-8/h3-5,9H,2,6-7H2,1H3. The van der Waals surface area contributed by atoms with Gasteiger partial charge in [-0.25, -0.2) is 9.97 Å². The number of thioether (sulfide) groups is 1. The molecule has 0 unspecified atom stereocenters. The predicted molar refractivity (Wildman–Crippen MR) is 51.3 cm³/mol. The Morgan fingerprint density at radius 1 is 1.42 bits per heavy atom. The molecule has 0 aromatic carbocycles. The zero-order valence-corrected chi connectivity index (χ0v) is 7.97. The van der Waals surface area contributed by atoms with Crippen LogP contribution < -0.4 is 5.32 Å². The average molecular weight is 183 g/mol. The molecule has 0 saturated heterocycles. The van der Waals surface area contributed by atoms with E-state index in [1.54, 1.807) is 24.2 Å². The van der Waals surface area contributed by atoms with Gasteiger partial charge in [0.15, 0.2) is 5.16 Å². The molecule has 0 saturated carbocycles. The van der Waals surface area contributed by atoms with E-state index in [1.165, 1.54) is 0 Å². The van der Waals surface area contributed by atoms with Gasteiger partial charge in [-0.1, -0.05) is 18.7 Å². The summed E-state index contributed by atoms with van der Waals surface area (Å²) in [4.78, 5) is 8.20. The highest BCUT2D eigenvalue weighted by Crippen LogP contribution is 2.08. The van der Waals surface area contributed by atoms with Crippen molar-refractivity contribution in [3.8, 4) is 0 Å². The minimum atomic E-state index is 0.857. The molecule has 3 nitrogen and oxygen atoms in total. The maximum Gasteiger partial charge on any atom is 0.187 e. The summed E-state index contributed by atoms with van der Waals surface area (Å²) in [6.45, 7) is 4.14. The van der Waals surface area contributed by atoms with Crippen molar-refractivity contribution in [2.45, 2.75) is 12.1 Å². The molecular formula is C8H13N3S. The normalized spacial score (nSPS) is 10.1. The number of hydrogen-bond acceptors (Lipinski definition) is 4. The highest BCUT2D eigenvalue weighted by molar-refractivity contribution is 7.99. The maximum absolute atomic E-state index is 4.10. The molecule has 0 atom stereocenters. The zero-order chi connectivity index (χ0) is 8.65. The molecular weight excluding hydrogens is 170 g/mol. The van der Waals surface area contributed by atoms with Crippen LogP contribution in [0.4, 0.5) is 0 Å². The molecule has 0 amide bonds. The first-order valence-corrected chi connectivity index (χ1v) is 5.02. The van der Waals surface area contributed by atoms with E-state index in [0.29, 0.717) is 0 Å². The number of nitrogens with one attached hydrogen (secondary N) is 1. The maximum atomic E-state index is 4.10. The number of aromatic nitrogens is 2. The van der Waals surface area contributed by atoms with E-state index in [0.717, 1.165) is 24.0 Å². The fourth-order valence-corrected chi connectivity index (χ4v) is 1.45. The highest BCUT2D eigenvalue weighted by Gasteiger charge is 1.93. The van der Waals surface area contributed by atoms with Gasteiger partial charge in [0.1, 0.15) is 0 Å². The topological polar surface area (TPSA) is 37.8 Å². The monoisotopic (exact) mass is 183 g/mol. The number of rotatable bonds is 5. The van der Waals surface area contributed by atoms with Crippen molar-refractivity contribution in [2.24, 2.45) is 0 Å². The summed E-state index contributed by atoms with van der Waals surface area (Å²) in [5.41, 5.74) is 0. The van der Waals surface area contributed by atoms with Crippen molar-refractivity contribution in [1.29, 1.82) is 0 Å². The van der Waals surface area contributed by atoms with E-state index >= 15 is 0 Å². The van der Waals surface area contributed by atoms with E-state index in [4.69, 9.17) is 0 Å². The van der Waals surface area contributed by atoms with Crippen molar-refractivity contribution in [3.63, 3.8) is 0 Å². The SMILES string of the molecule is CCNCCSc1ncccn1. The summed E-state index contributed by atoms with van der Waals surface area (Å²) in [6.07, 6.45) is 3.53. The molecule has 0 spiro atoms. The largest absolute Gasteiger partial charge is 0.316 e. The first-order chi connectivity index (χ1) is 5.93. The Kier molecular flexibility index (Phi) is 4.71. The molecule has 0 fully saturated rings. The fraction of sp³-hybridized carbons (Fsp3) is 0.500. The molecule has 0 aliphatic rings. The van der Waals surface area contributed by atoms with Crippen LogP contribution in [0.15, 0.2) is 23.6 Å². The van der Waals surface area contributed by atoms with E-state index < -0.39 is 0 Å². The number of hydrogen-bond donors (Lipinski definition) is 1. The molecule has 0 bridgehead atoms. The molecule has 0 aliphatic heterocycles. The third kappa shape index (κ3) is 3.69. The summed E-state index contributed by atoms with van der Waals surface area (Å²) < 4.78 is 0. The summed E-state index contributed by atoms with van der Waals surface area (Å²) >= 11 is 1.68. The Hall–Kier alpha value is -0.610. The Bertz CT molecular complexity index is 203. The molecule has 4 heteroatoms. The molecule has 12 heavy (non-hydrogen) atoms. The van der Waals surface area contributed by atoms with Crippen molar-refractivity contribution >= 4 is 11.8 Å². The van der Waals surface area contributed by atoms with E-state index in [2.05, 4.69) is 22.2 Å². The molecule has 0 radical (unpaired) electrons. The van der Waals surface area contributed by atoms with Gasteiger partial charge in [0.2, 0.25) is 0 Å². The second-order valence-corrected chi connectivity index (χ2v) is 3.30. The first kappa shape index (κ1) is 9.48. The summed E-state index contributed by atoms with van der Waals surface area (Å²) in [5, 5.41) is 4.10. The predicted octanol–water partition coefficient (Wildman–Crippen LogP) is 1.18. The van der Waals surface area contributed by atoms with Crippen LogP contribution in [0.3, 0.4) is 0 Å². The third-order valence-electron chi connectivity index (χ3n) is 1.30. The van der Waals surface area contributed by atoms with E-state index in [9.17, 15) is 0 Å². The van der Waals surface area contributed by atoms with Gasteiger partial charge < -0.3 is 5.32 Å². The molecule has 66 valence electrons. The smallest absolute Gasteiger partial charge is 0.187 e. The third-order valence-corrected chi connectivity index (χ3v) is 2.18. The van der Waals surface area contributed by atoms with Crippen LogP contribution in [0.2, 0.25) is 0 Å². The molecule has 1 aromatic heterocycles. The molecule has 1 aromatic rings. The van der Waals surface area contributed by atoms with Crippen LogP contribution >= 0.6 is 11.8 Å².